The molecular weight excluding hydrogens is 511 g/mol. The quantitative estimate of drug-likeness (QED) is 0.314. The number of rotatable bonds is 6. The predicted molar refractivity (Wildman–Crippen MR) is 148 cm³/mol. The number of nitrogens with zero attached hydrogens (tertiary/aromatic N) is 3. The number of aryl methyl sites for hydroxylation is 2. The summed E-state index contributed by atoms with van der Waals surface area (Å²) in [6.45, 7) is 4.01. The monoisotopic (exact) mass is 538 g/mol. The van der Waals surface area contributed by atoms with Crippen LogP contribution in [0.15, 0.2) is 73.2 Å². The van der Waals surface area contributed by atoms with Crippen LogP contribution in [0.3, 0.4) is 0 Å². The molecule has 3 aromatic carbocycles. The van der Waals surface area contributed by atoms with Crippen LogP contribution in [0.1, 0.15) is 28.4 Å². The molecule has 5 rings (SSSR count). The van der Waals surface area contributed by atoms with Gasteiger partial charge in [0.1, 0.15) is 12.6 Å². The van der Waals surface area contributed by atoms with Gasteiger partial charge in [-0.3, -0.25) is 4.79 Å². The Bertz CT molecular complexity index is 1390. The van der Waals surface area contributed by atoms with Gasteiger partial charge in [0.15, 0.2) is 6.23 Å². The summed E-state index contributed by atoms with van der Waals surface area (Å²) >= 11 is 6.21. The second-order valence-electron chi connectivity index (χ2n) is 9.07. The number of imidazole rings is 1. The lowest BCUT2D eigenvalue weighted by Gasteiger charge is -2.29. The number of H-pyrrole nitrogens is 1. The van der Waals surface area contributed by atoms with Crippen molar-refractivity contribution in [2.24, 2.45) is 0 Å². The zero-order chi connectivity index (χ0) is 25.4. The first kappa shape index (κ1) is 26.7. The van der Waals surface area contributed by atoms with Gasteiger partial charge in [-0.05, 0) is 60.4 Å². The third kappa shape index (κ3) is 5.22. The Hall–Kier alpha value is -3.36. The highest BCUT2D eigenvalue weighted by Gasteiger charge is 2.39. The van der Waals surface area contributed by atoms with Gasteiger partial charge in [0.2, 0.25) is 5.91 Å². The fourth-order valence-electron chi connectivity index (χ4n) is 4.80. The minimum atomic E-state index is -1.21. The second-order valence-corrected chi connectivity index (χ2v) is 9.51. The van der Waals surface area contributed by atoms with E-state index in [1.807, 2.05) is 68.4 Å². The van der Waals surface area contributed by atoms with E-state index in [0.717, 1.165) is 27.9 Å². The minimum Gasteiger partial charge on any atom is -0.384 e. The number of nitrogens with one attached hydrogen (secondary N) is 1. The number of aliphatic hydroxyl groups excluding tert-OH is 2. The Morgan fingerprint density at radius 2 is 1.81 bits per heavy atom. The van der Waals surface area contributed by atoms with Gasteiger partial charge in [0, 0.05) is 22.0 Å². The fraction of sp³-hybridized carbons (Fsp3) is 0.214. The second kappa shape index (κ2) is 10.9. The van der Waals surface area contributed by atoms with Gasteiger partial charge >= 0.3 is 0 Å². The molecule has 0 aliphatic carbocycles. The van der Waals surface area contributed by atoms with Crippen LogP contribution in [0.2, 0.25) is 5.02 Å². The van der Waals surface area contributed by atoms with E-state index in [1.54, 1.807) is 28.4 Å². The van der Waals surface area contributed by atoms with E-state index in [-0.39, 0.29) is 24.9 Å². The smallest absolute Gasteiger partial charge is 0.246 e. The summed E-state index contributed by atoms with van der Waals surface area (Å²) in [6.07, 6.45) is 1.07. The van der Waals surface area contributed by atoms with Gasteiger partial charge in [-0.1, -0.05) is 48.0 Å². The first-order valence-corrected chi connectivity index (χ1v) is 12.1. The minimum absolute atomic E-state index is 0. The molecule has 9 heteroatoms. The summed E-state index contributed by atoms with van der Waals surface area (Å²) < 4.78 is 0. The normalized spacial score (nSPS) is 16.3. The number of carbonyl (C=O) groups is 1. The summed E-state index contributed by atoms with van der Waals surface area (Å²) in [6, 6.07) is 18.9. The summed E-state index contributed by atoms with van der Waals surface area (Å²) in [5.74, 6) is -0.218. The fourth-order valence-corrected chi connectivity index (χ4v) is 5.02. The first-order valence-electron chi connectivity index (χ1n) is 11.7. The van der Waals surface area contributed by atoms with Crippen LogP contribution in [0.25, 0.3) is 11.3 Å². The molecule has 192 valence electrons. The van der Waals surface area contributed by atoms with Crippen LogP contribution in [0, 0.1) is 13.8 Å². The summed E-state index contributed by atoms with van der Waals surface area (Å²) in [4.78, 5) is 24.2. The van der Waals surface area contributed by atoms with Gasteiger partial charge in [-0.15, -0.1) is 12.4 Å². The van der Waals surface area contributed by atoms with E-state index in [0.29, 0.717) is 28.5 Å². The summed E-state index contributed by atoms with van der Waals surface area (Å²) in [5.41, 5.74) is 6.56. The molecule has 1 amide bonds. The molecular formula is C28H28Cl2N4O3. The average molecular weight is 539 g/mol. The van der Waals surface area contributed by atoms with Crippen LogP contribution in [0.4, 0.5) is 11.4 Å². The topological polar surface area (TPSA) is 92.7 Å². The molecule has 4 aromatic rings. The molecule has 37 heavy (non-hydrogen) atoms. The molecule has 0 radical (unpaired) electrons. The largest absolute Gasteiger partial charge is 0.384 e. The van der Waals surface area contributed by atoms with Crippen LogP contribution in [-0.4, -0.2) is 38.9 Å². The highest BCUT2D eigenvalue weighted by Crippen LogP contribution is 2.42. The van der Waals surface area contributed by atoms with Crippen molar-refractivity contribution in [1.82, 2.24) is 9.97 Å². The molecule has 7 nitrogen and oxygen atoms in total. The van der Waals surface area contributed by atoms with Gasteiger partial charge in [-0.2, -0.15) is 0 Å². The number of aromatic nitrogens is 2. The Kier molecular flexibility index (Phi) is 7.90. The standard InChI is InChI=1S/C28H27ClN4O3.ClH/c1-17-6-7-18(2)26-25(17)27(35)28(36)33(26)15-24(34)32(14-19-4-3-5-21(29)12-19)22-10-8-20(9-11-22)23-13-30-16-31-23;/h3-13,16,27-28,35-36H,14-15H2,1-2H3,(H,30,31);1H. The van der Waals surface area contributed by atoms with E-state index in [9.17, 15) is 15.0 Å². The molecule has 1 aliphatic rings. The lowest BCUT2D eigenvalue weighted by Crippen LogP contribution is -2.44. The molecule has 0 bridgehead atoms. The van der Waals surface area contributed by atoms with Crippen LogP contribution in [0.5, 0.6) is 0 Å². The number of halogens is 2. The van der Waals surface area contributed by atoms with Gasteiger partial charge < -0.3 is 25.0 Å². The highest BCUT2D eigenvalue weighted by atomic mass is 35.5. The molecule has 0 saturated heterocycles. The Balaban J connectivity index is 0.00000320. The summed E-state index contributed by atoms with van der Waals surface area (Å²) in [5, 5.41) is 22.2. The number of aromatic amines is 1. The van der Waals surface area contributed by atoms with Crippen LogP contribution >= 0.6 is 24.0 Å². The number of fused-ring (bicyclic) bond motifs is 1. The first-order chi connectivity index (χ1) is 17.3. The maximum absolute atomic E-state index is 13.8. The molecule has 0 spiro atoms. The Morgan fingerprint density at radius 3 is 2.49 bits per heavy atom. The van der Waals surface area contributed by atoms with E-state index in [4.69, 9.17) is 11.6 Å². The van der Waals surface area contributed by atoms with E-state index < -0.39 is 12.3 Å². The van der Waals surface area contributed by atoms with Crippen molar-refractivity contribution in [3.8, 4) is 11.3 Å². The number of hydrogen-bond donors (Lipinski definition) is 3. The van der Waals surface area contributed by atoms with Gasteiger partial charge in [0.05, 0.1) is 24.8 Å². The van der Waals surface area contributed by atoms with Crippen molar-refractivity contribution in [3.63, 3.8) is 0 Å². The molecule has 1 aromatic heterocycles. The molecule has 2 heterocycles. The predicted octanol–water partition coefficient (Wildman–Crippen LogP) is 5.17. The van der Waals surface area contributed by atoms with Crippen molar-refractivity contribution < 1.29 is 15.0 Å². The Labute approximate surface area is 226 Å². The lowest BCUT2D eigenvalue weighted by atomic mass is 10.0. The van der Waals surface area contributed by atoms with Gasteiger partial charge in [0.25, 0.3) is 0 Å². The Morgan fingerprint density at radius 1 is 1.08 bits per heavy atom. The highest BCUT2D eigenvalue weighted by molar-refractivity contribution is 6.30. The third-order valence-electron chi connectivity index (χ3n) is 6.65. The molecule has 2 unspecified atom stereocenters. The molecule has 0 saturated carbocycles. The molecule has 0 fully saturated rings. The van der Waals surface area contributed by atoms with E-state index in [2.05, 4.69) is 9.97 Å². The number of carbonyl (C=O) groups excluding carboxylic acids is 1. The molecule has 1 aliphatic heterocycles. The number of hydrogen-bond acceptors (Lipinski definition) is 5. The van der Waals surface area contributed by atoms with Crippen molar-refractivity contribution in [1.29, 1.82) is 0 Å². The lowest BCUT2D eigenvalue weighted by molar-refractivity contribution is -0.118. The number of aliphatic hydroxyl groups is 2. The van der Waals surface area contributed by atoms with Crippen molar-refractivity contribution >= 4 is 41.3 Å². The van der Waals surface area contributed by atoms with Crippen LogP contribution < -0.4 is 9.80 Å². The van der Waals surface area contributed by atoms with Gasteiger partial charge in [-0.25, -0.2) is 4.98 Å². The van der Waals surface area contributed by atoms with E-state index in [1.165, 1.54) is 0 Å². The maximum Gasteiger partial charge on any atom is 0.246 e. The van der Waals surface area contributed by atoms with Crippen molar-refractivity contribution in [3.05, 3.63) is 100 Å². The average Bonchev–Trinajstić information content (AvgIpc) is 3.49. The third-order valence-corrected chi connectivity index (χ3v) is 6.88. The SMILES string of the molecule is Cc1ccc(C)c2c1C(O)C(O)N2CC(=O)N(Cc1cccc(Cl)c1)c1ccc(-c2cnc[nH]2)cc1.Cl. The van der Waals surface area contributed by atoms with Crippen molar-refractivity contribution in [2.45, 2.75) is 32.7 Å². The summed E-state index contributed by atoms with van der Waals surface area (Å²) in [7, 11) is 0. The zero-order valence-electron chi connectivity index (χ0n) is 20.4. The maximum atomic E-state index is 13.8. The number of amides is 1. The molecule has 3 N–H and O–H groups in total. The van der Waals surface area contributed by atoms with E-state index >= 15 is 0 Å². The molecule has 2 atom stereocenters. The zero-order valence-corrected chi connectivity index (χ0v) is 22.0. The van der Waals surface area contributed by atoms with Crippen LogP contribution in [-0.2, 0) is 11.3 Å². The number of benzene rings is 3. The van der Waals surface area contributed by atoms with Crippen molar-refractivity contribution in [2.75, 3.05) is 16.3 Å². The number of anilines is 2.